The molecule has 0 unspecified atom stereocenters. The second kappa shape index (κ2) is 3.43. The van der Waals surface area contributed by atoms with Crippen LogP contribution in [0.2, 0.25) is 0 Å². The molecule has 0 radical (unpaired) electrons. The molecule has 60 valence electrons. The first kappa shape index (κ1) is 8.13. The predicted octanol–water partition coefficient (Wildman–Crippen LogP) is 0.847. The Morgan fingerprint density at radius 1 is 1.64 bits per heavy atom. The Bertz CT molecular complexity index is 224. The number of ether oxygens (including phenoxy) is 1. The summed E-state index contributed by atoms with van der Waals surface area (Å²) in [5.41, 5.74) is 0. The predicted molar refractivity (Wildman–Crippen MR) is 40.8 cm³/mol. The summed E-state index contributed by atoms with van der Waals surface area (Å²) >= 11 is 0.850. The molecule has 4 nitrogen and oxygen atoms in total. The number of carbonyl (C=O) groups is 2. The van der Waals surface area contributed by atoms with Crippen LogP contribution in [0.5, 0.6) is 0 Å². The summed E-state index contributed by atoms with van der Waals surface area (Å²) in [5, 5.41) is 1.77. The fourth-order valence-corrected chi connectivity index (χ4v) is 1.17. The molecule has 1 N–H and O–H groups in total. The molecule has 2 amide bonds. The Morgan fingerprint density at radius 2 is 2.36 bits per heavy atom. The summed E-state index contributed by atoms with van der Waals surface area (Å²) in [6.45, 7) is 2.29. The van der Waals surface area contributed by atoms with E-state index in [1.807, 2.05) is 0 Å². The molecular formula is C6H7NO3S. The van der Waals surface area contributed by atoms with Crippen molar-refractivity contribution < 1.29 is 14.3 Å². The van der Waals surface area contributed by atoms with Crippen LogP contribution in [0.15, 0.2) is 11.2 Å². The van der Waals surface area contributed by atoms with Crippen molar-refractivity contribution in [3.8, 4) is 0 Å². The highest BCUT2D eigenvalue weighted by Gasteiger charge is 2.25. The SMILES string of the molecule is CCOC=C1SC(=O)NC1=O. The van der Waals surface area contributed by atoms with Gasteiger partial charge in [0.15, 0.2) is 0 Å². The molecular weight excluding hydrogens is 166 g/mol. The molecule has 1 saturated heterocycles. The Morgan fingerprint density at radius 3 is 2.82 bits per heavy atom. The van der Waals surface area contributed by atoms with Gasteiger partial charge in [0.25, 0.3) is 11.1 Å². The van der Waals surface area contributed by atoms with Crippen LogP contribution in [0.4, 0.5) is 4.79 Å². The molecule has 1 heterocycles. The first-order valence-electron chi connectivity index (χ1n) is 3.09. The molecule has 1 fully saturated rings. The molecule has 1 rings (SSSR count). The first-order valence-corrected chi connectivity index (χ1v) is 3.90. The summed E-state index contributed by atoms with van der Waals surface area (Å²) in [7, 11) is 0. The van der Waals surface area contributed by atoms with E-state index in [1.54, 1.807) is 6.92 Å². The zero-order chi connectivity index (χ0) is 8.27. The normalized spacial score (nSPS) is 20.6. The van der Waals surface area contributed by atoms with Crippen molar-refractivity contribution in [2.75, 3.05) is 6.61 Å². The number of amides is 2. The third-order valence-corrected chi connectivity index (χ3v) is 1.79. The molecule has 0 spiro atoms. The average Bonchev–Trinajstić information content (AvgIpc) is 2.26. The maximum absolute atomic E-state index is 10.8. The molecule has 0 aromatic heterocycles. The number of rotatable bonds is 2. The summed E-state index contributed by atoms with van der Waals surface area (Å²) < 4.78 is 4.84. The molecule has 0 aromatic carbocycles. The first-order chi connectivity index (χ1) is 5.24. The van der Waals surface area contributed by atoms with Gasteiger partial charge in [-0.3, -0.25) is 14.9 Å². The highest BCUT2D eigenvalue weighted by molar-refractivity contribution is 8.18. The summed E-state index contributed by atoms with van der Waals surface area (Å²) in [5.74, 6) is -0.381. The Kier molecular flexibility index (Phi) is 2.53. The van der Waals surface area contributed by atoms with Gasteiger partial charge < -0.3 is 4.74 Å². The molecule has 0 saturated carbocycles. The van der Waals surface area contributed by atoms with Gasteiger partial charge >= 0.3 is 0 Å². The van der Waals surface area contributed by atoms with Gasteiger partial charge in [-0.25, -0.2) is 0 Å². The van der Waals surface area contributed by atoms with Crippen LogP contribution in [0.25, 0.3) is 0 Å². The van der Waals surface area contributed by atoms with E-state index in [2.05, 4.69) is 5.32 Å². The quantitative estimate of drug-likeness (QED) is 0.496. The third kappa shape index (κ3) is 1.98. The van der Waals surface area contributed by atoms with E-state index >= 15 is 0 Å². The second-order valence-corrected chi connectivity index (χ2v) is 2.80. The number of hydrogen-bond acceptors (Lipinski definition) is 4. The molecule has 0 atom stereocenters. The summed E-state index contributed by atoms with van der Waals surface area (Å²) in [4.78, 5) is 21.7. The fraction of sp³-hybridized carbons (Fsp3) is 0.333. The van der Waals surface area contributed by atoms with Crippen molar-refractivity contribution in [1.29, 1.82) is 0 Å². The van der Waals surface area contributed by atoms with E-state index in [0.717, 1.165) is 11.8 Å². The van der Waals surface area contributed by atoms with Crippen molar-refractivity contribution in [3.05, 3.63) is 11.2 Å². The van der Waals surface area contributed by atoms with Crippen LogP contribution in [0.3, 0.4) is 0 Å². The number of carbonyl (C=O) groups excluding carboxylic acids is 2. The molecule has 11 heavy (non-hydrogen) atoms. The Balaban J connectivity index is 2.59. The monoisotopic (exact) mass is 173 g/mol. The maximum Gasteiger partial charge on any atom is 0.291 e. The van der Waals surface area contributed by atoms with Crippen LogP contribution in [0, 0.1) is 0 Å². The van der Waals surface area contributed by atoms with E-state index in [0.29, 0.717) is 11.5 Å². The Hall–Kier alpha value is -0.970. The average molecular weight is 173 g/mol. The molecule has 0 aliphatic carbocycles. The third-order valence-electron chi connectivity index (χ3n) is 0.999. The van der Waals surface area contributed by atoms with Crippen molar-refractivity contribution >= 4 is 22.9 Å². The number of nitrogens with one attached hydrogen (secondary N) is 1. The van der Waals surface area contributed by atoms with E-state index in [-0.39, 0.29) is 11.1 Å². The van der Waals surface area contributed by atoms with Crippen LogP contribution < -0.4 is 5.32 Å². The minimum Gasteiger partial charge on any atom is -0.500 e. The lowest BCUT2D eigenvalue weighted by molar-refractivity contribution is -0.115. The highest BCUT2D eigenvalue weighted by Crippen LogP contribution is 2.22. The van der Waals surface area contributed by atoms with Crippen LogP contribution >= 0.6 is 11.8 Å². The minimum absolute atomic E-state index is 0.317. The van der Waals surface area contributed by atoms with Crippen molar-refractivity contribution in [3.63, 3.8) is 0 Å². The Labute approximate surface area is 68.0 Å². The zero-order valence-electron chi connectivity index (χ0n) is 5.92. The van der Waals surface area contributed by atoms with E-state index in [1.165, 1.54) is 6.26 Å². The van der Waals surface area contributed by atoms with Gasteiger partial charge in [-0.05, 0) is 18.7 Å². The number of thioether (sulfide) groups is 1. The standard InChI is InChI=1S/C6H7NO3S/c1-2-10-3-4-5(8)7-6(9)11-4/h3H,2H2,1H3,(H,7,8,9). The van der Waals surface area contributed by atoms with Gasteiger partial charge in [-0.15, -0.1) is 0 Å². The van der Waals surface area contributed by atoms with Gasteiger partial charge in [-0.2, -0.15) is 0 Å². The van der Waals surface area contributed by atoms with Gasteiger partial charge in [0.2, 0.25) is 0 Å². The van der Waals surface area contributed by atoms with Crippen molar-refractivity contribution in [2.45, 2.75) is 6.92 Å². The lowest BCUT2D eigenvalue weighted by Crippen LogP contribution is -2.17. The highest BCUT2D eigenvalue weighted by atomic mass is 32.2. The van der Waals surface area contributed by atoms with Gasteiger partial charge in [0, 0.05) is 0 Å². The second-order valence-electron chi connectivity index (χ2n) is 1.78. The van der Waals surface area contributed by atoms with Gasteiger partial charge in [-0.1, -0.05) is 0 Å². The number of hydrogen-bond donors (Lipinski definition) is 1. The van der Waals surface area contributed by atoms with E-state index < -0.39 is 0 Å². The van der Waals surface area contributed by atoms with Crippen LogP contribution in [-0.4, -0.2) is 17.8 Å². The number of imide groups is 1. The summed E-state index contributed by atoms with van der Waals surface area (Å²) in [6, 6.07) is 0. The van der Waals surface area contributed by atoms with Gasteiger partial charge in [0.1, 0.15) is 11.2 Å². The topological polar surface area (TPSA) is 55.4 Å². The molecule has 1 aliphatic heterocycles. The smallest absolute Gasteiger partial charge is 0.291 e. The maximum atomic E-state index is 10.8. The minimum atomic E-state index is -0.381. The van der Waals surface area contributed by atoms with Crippen LogP contribution in [0.1, 0.15) is 6.92 Å². The molecule has 5 heteroatoms. The molecule has 0 bridgehead atoms. The van der Waals surface area contributed by atoms with Crippen molar-refractivity contribution in [2.24, 2.45) is 0 Å². The van der Waals surface area contributed by atoms with E-state index in [9.17, 15) is 9.59 Å². The lowest BCUT2D eigenvalue weighted by Gasteiger charge is -1.92. The molecule has 1 aliphatic rings. The largest absolute Gasteiger partial charge is 0.500 e. The molecule has 0 aromatic rings. The summed E-state index contributed by atoms with van der Waals surface area (Å²) in [6.07, 6.45) is 1.30. The lowest BCUT2D eigenvalue weighted by atomic mass is 10.6. The van der Waals surface area contributed by atoms with Crippen LogP contribution in [-0.2, 0) is 9.53 Å². The fourth-order valence-electron chi connectivity index (χ4n) is 0.563. The van der Waals surface area contributed by atoms with Crippen molar-refractivity contribution in [1.82, 2.24) is 5.32 Å². The van der Waals surface area contributed by atoms with E-state index in [4.69, 9.17) is 4.74 Å². The zero-order valence-corrected chi connectivity index (χ0v) is 6.73. The van der Waals surface area contributed by atoms with Gasteiger partial charge in [0.05, 0.1) is 6.61 Å².